The minimum Gasteiger partial charge on any atom is -0.557 e. The molecule has 0 saturated heterocycles. The van der Waals surface area contributed by atoms with Crippen LogP contribution in [-0.2, 0) is 20.1 Å². The van der Waals surface area contributed by atoms with Crippen molar-refractivity contribution in [3.63, 3.8) is 0 Å². The third-order valence-electron chi connectivity index (χ3n) is 9.66. The van der Waals surface area contributed by atoms with Crippen LogP contribution in [0.4, 0.5) is 0 Å². The van der Waals surface area contributed by atoms with E-state index in [2.05, 4.69) is 156 Å². The van der Waals surface area contributed by atoms with Gasteiger partial charge in [-0.1, -0.05) is 139 Å². The van der Waals surface area contributed by atoms with Crippen molar-refractivity contribution in [2.45, 2.75) is 20.6 Å². The van der Waals surface area contributed by atoms with Gasteiger partial charge in [0, 0.05) is 57.5 Å². The van der Waals surface area contributed by atoms with Gasteiger partial charge in [-0.05, 0) is 76.8 Å². The number of aryl methyl sites for hydroxylation is 3. The van der Waals surface area contributed by atoms with Gasteiger partial charge in [0.15, 0.2) is 0 Å². The van der Waals surface area contributed by atoms with Crippen LogP contribution in [0, 0.1) is 33.0 Å². The van der Waals surface area contributed by atoms with Crippen LogP contribution in [0.25, 0.3) is 83.4 Å². The maximum atomic E-state index is 7.28. The van der Waals surface area contributed by atoms with Gasteiger partial charge in [0.2, 0.25) is 0 Å². The summed E-state index contributed by atoms with van der Waals surface area (Å²) in [5.74, 6) is 0.804. The third-order valence-corrected chi connectivity index (χ3v) is 9.66. The van der Waals surface area contributed by atoms with Gasteiger partial charge in [-0.2, -0.15) is 0 Å². The summed E-state index contributed by atoms with van der Waals surface area (Å²) in [5.41, 5.74) is 12.0. The van der Waals surface area contributed by atoms with Gasteiger partial charge in [-0.25, -0.2) is 0 Å². The normalized spacial score (nSPS) is 13.0. The predicted octanol–water partition coefficient (Wildman–Crippen LogP) is 13.2. The maximum Gasteiger partial charge on any atom is 0.0774 e. The smallest absolute Gasteiger partial charge is 0.0774 e. The van der Waals surface area contributed by atoms with Crippen LogP contribution in [0.5, 0.6) is 0 Å². The molecule has 10 rings (SSSR count). The summed E-state index contributed by atoms with van der Waals surface area (Å²) < 4.78 is 52.0. The number of hydrogen-bond donors (Lipinski definition) is 0. The molecule has 0 bridgehead atoms. The Kier molecular flexibility index (Phi) is 8.42. The van der Waals surface area contributed by atoms with Crippen molar-refractivity contribution in [1.29, 1.82) is 0 Å². The van der Waals surface area contributed by atoms with Crippen LogP contribution in [0.2, 0.25) is 0 Å². The number of furan rings is 1. The zero-order chi connectivity index (χ0) is 42.3. The summed E-state index contributed by atoms with van der Waals surface area (Å²) in [4.78, 5) is 9.30. The van der Waals surface area contributed by atoms with Crippen molar-refractivity contribution in [1.82, 2.24) is 14.5 Å². The van der Waals surface area contributed by atoms with E-state index in [0.717, 1.165) is 72.1 Å². The molecule has 7 aromatic carbocycles. The number of benzene rings is 7. The van der Waals surface area contributed by atoms with Gasteiger partial charge < -0.3 is 14.0 Å². The summed E-state index contributed by atoms with van der Waals surface area (Å²) in [6.07, 6.45) is 4.55. The Hall–Kier alpha value is -6.39. The van der Waals surface area contributed by atoms with Crippen molar-refractivity contribution in [2.24, 2.45) is 0 Å². The van der Waals surface area contributed by atoms with Crippen LogP contribution in [0.15, 0.2) is 174 Å². The van der Waals surface area contributed by atoms with Gasteiger partial charge >= 0.3 is 0 Å². The van der Waals surface area contributed by atoms with Gasteiger partial charge in [0.1, 0.15) is 0 Å². The van der Waals surface area contributed by atoms with Crippen molar-refractivity contribution in [3.8, 4) is 50.6 Å². The van der Waals surface area contributed by atoms with Crippen LogP contribution in [0.3, 0.4) is 0 Å². The molecule has 0 spiro atoms. The van der Waals surface area contributed by atoms with Gasteiger partial charge in [0.05, 0.1) is 22.5 Å². The molecular weight excluding hydrogens is 863 g/mol. The molecule has 1 radical (unpaired) electrons. The molecule has 0 unspecified atom stereocenters. The molecule has 0 aliphatic rings. The van der Waals surface area contributed by atoms with E-state index in [1.54, 1.807) is 12.1 Å². The molecule has 0 atom stereocenters. The molecule has 0 N–H and O–H groups in total. The van der Waals surface area contributed by atoms with Crippen molar-refractivity contribution in [3.05, 3.63) is 199 Å². The molecule has 56 heavy (non-hydrogen) atoms. The average molecular weight is 906 g/mol. The monoisotopic (exact) mass is 906 g/mol. The first kappa shape index (κ1) is 29.9. The van der Waals surface area contributed by atoms with Gasteiger partial charge in [-0.3, -0.25) is 4.98 Å². The number of hydrogen-bond acceptors (Lipinski definition) is 3. The summed E-state index contributed by atoms with van der Waals surface area (Å²) in [5, 5.41) is 3.29. The quantitative estimate of drug-likeness (QED) is 0.162. The molecular formula is C51H37IrN3O-2. The number of nitrogens with zero attached hydrogens (tertiary/aromatic N) is 3. The molecule has 0 amide bonds. The molecule has 10 aromatic rings. The van der Waals surface area contributed by atoms with E-state index in [4.69, 9.17) is 17.6 Å². The second kappa shape index (κ2) is 15.8. The molecule has 5 heteroatoms. The Balaban J connectivity index is 0.000000214. The largest absolute Gasteiger partial charge is 0.557 e. The second-order valence-corrected chi connectivity index (χ2v) is 13.4. The molecule has 0 saturated carbocycles. The zero-order valence-corrected chi connectivity index (χ0v) is 32.6. The number of rotatable bonds is 5. The fraction of sp³-hybridized carbons (Fsp3) is 0.0588. The first-order valence-corrected chi connectivity index (χ1v) is 18.0. The molecule has 3 heterocycles. The first-order chi connectivity index (χ1) is 29.4. The number of imidazole rings is 1. The summed E-state index contributed by atoms with van der Waals surface area (Å²) in [6, 6.07) is 57.2. The van der Waals surface area contributed by atoms with Crippen LogP contribution < -0.4 is 0 Å². The van der Waals surface area contributed by atoms with Gasteiger partial charge in [0.25, 0.3) is 0 Å². The SMILES string of the molecule is Cc1cc(-c2ccccc2)c(-n2c(-c3[c-]oc4cc5ccccc5cc34)nc3ccccc32)c(-c2ccccc2)c1.[2H]C([2H])([2H])c1c[c-]c(-c2ccc(C([2H])([2H])[2H])cn2)cc1.[Ir]. The Labute approximate surface area is 348 Å². The number of pyridine rings is 1. The molecule has 273 valence electrons. The zero-order valence-electron chi connectivity index (χ0n) is 36.2. The van der Waals surface area contributed by atoms with E-state index in [9.17, 15) is 0 Å². The maximum absolute atomic E-state index is 7.28. The van der Waals surface area contributed by atoms with E-state index in [1.807, 2.05) is 6.07 Å². The summed E-state index contributed by atoms with van der Waals surface area (Å²) >= 11 is 0. The standard InChI is InChI=1S/C38H25N2O.C13H12N.Ir/c1-25-20-30(26-12-4-2-5-13-26)37(31(21-25)27-14-6-3-7-15-27)40-35-19-11-10-18-34(35)39-38(40)33-24-41-36-23-29-17-9-8-16-28(29)22-32(33)36;1-10-3-6-12(7-4-10)13-8-5-11(2)9-14-13;/h2-23H,1H3;3-6,8-9H,1-2H3;/q2*-1;/i;1D3,2D3;. The molecule has 0 fully saturated rings. The fourth-order valence-corrected chi connectivity index (χ4v) is 7.08. The van der Waals surface area contributed by atoms with E-state index < -0.39 is 13.7 Å². The number of fused-ring (bicyclic) bond motifs is 3. The van der Waals surface area contributed by atoms with Crippen LogP contribution in [0.1, 0.15) is 24.9 Å². The number of para-hydroxylation sites is 2. The van der Waals surface area contributed by atoms with Crippen molar-refractivity contribution < 1.29 is 32.7 Å². The van der Waals surface area contributed by atoms with Gasteiger partial charge in [-0.15, -0.1) is 35.4 Å². The summed E-state index contributed by atoms with van der Waals surface area (Å²) in [6.45, 7) is -2.17. The second-order valence-electron chi connectivity index (χ2n) is 13.4. The van der Waals surface area contributed by atoms with Crippen molar-refractivity contribution in [2.75, 3.05) is 0 Å². The fourth-order valence-electron chi connectivity index (χ4n) is 7.08. The average Bonchev–Trinajstić information content (AvgIpc) is 3.86. The minimum atomic E-state index is -2.18. The van der Waals surface area contributed by atoms with Crippen LogP contribution in [-0.4, -0.2) is 14.5 Å². The van der Waals surface area contributed by atoms with E-state index in [-0.39, 0.29) is 31.2 Å². The topological polar surface area (TPSA) is 43.9 Å². The Morgan fingerprint density at radius 3 is 1.93 bits per heavy atom. The molecule has 4 nitrogen and oxygen atoms in total. The van der Waals surface area contributed by atoms with E-state index in [0.29, 0.717) is 11.3 Å². The Morgan fingerprint density at radius 2 is 1.29 bits per heavy atom. The Bertz CT molecular complexity index is 3040. The summed E-state index contributed by atoms with van der Waals surface area (Å²) in [7, 11) is 0. The minimum absolute atomic E-state index is 0. The Morgan fingerprint density at radius 1 is 0.643 bits per heavy atom. The van der Waals surface area contributed by atoms with Crippen LogP contribution >= 0.6 is 0 Å². The van der Waals surface area contributed by atoms with Crippen molar-refractivity contribution >= 4 is 32.8 Å². The third kappa shape index (κ3) is 7.11. The first-order valence-electron chi connectivity index (χ1n) is 21.0. The molecule has 3 aromatic heterocycles. The number of aromatic nitrogens is 3. The van der Waals surface area contributed by atoms with E-state index in [1.165, 1.54) is 30.0 Å². The van der Waals surface area contributed by atoms with E-state index >= 15 is 0 Å². The molecule has 0 aliphatic heterocycles. The molecule has 0 aliphatic carbocycles. The predicted molar refractivity (Wildman–Crippen MR) is 226 cm³/mol.